The second-order valence-corrected chi connectivity index (χ2v) is 6.70. The first-order valence-electron chi connectivity index (χ1n) is 6.00. The van der Waals surface area contributed by atoms with Crippen LogP contribution in [-0.2, 0) is 22.1 Å². The third kappa shape index (κ3) is 3.54. The standard InChI is InChI=1S/C12H17BrN2O2S/c13-9-11-3-5-12(6-4-11)10-14-18(16,17)15-7-1-2-8-15/h3-6,14H,1-2,7-10H2. The Bertz CT molecular complexity index is 481. The summed E-state index contributed by atoms with van der Waals surface area (Å²) in [5.74, 6) is 0. The monoisotopic (exact) mass is 332 g/mol. The number of hydrogen-bond acceptors (Lipinski definition) is 2. The Morgan fingerprint density at radius 3 is 2.22 bits per heavy atom. The zero-order valence-corrected chi connectivity index (χ0v) is 12.5. The van der Waals surface area contributed by atoms with Crippen LogP contribution in [-0.4, -0.2) is 25.8 Å². The maximum absolute atomic E-state index is 11.9. The van der Waals surface area contributed by atoms with Gasteiger partial charge in [-0.25, -0.2) is 0 Å². The zero-order chi connectivity index (χ0) is 13.0. The average Bonchev–Trinajstić information content (AvgIpc) is 2.92. The fourth-order valence-corrected chi connectivity index (χ4v) is 3.58. The van der Waals surface area contributed by atoms with Gasteiger partial charge < -0.3 is 0 Å². The van der Waals surface area contributed by atoms with Gasteiger partial charge in [0.15, 0.2) is 0 Å². The molecule has 4 nitrogen and oxygen atoms in total. The van der Waals surface area contributed by atoms with E-state index >= 15 is 0 Å². The van der Waals surface area contributed by atoms with Crippen LogP contribution in [0.1, 0.15) is 24.0 Å². The van der Waals surface area contributed by atoms with Gasteiger partial charge in [-0.05, 0) is 24.0 Å². The SMILES string of the molecule is O=S(=O)(NCc1ccc(CBr)cc1)N1CCCC1. The first-order chi connectivity index (χ1) is 8.62. The molecule has 100 valence electrons. The van der Waals surface area contributed by atoms with Crippen molar-refractivity contribution in [3.05, 3.63) is 35.4 Å². The van der Waals surface area contributed by atoms with Crippen LogP contribution >= 0.6 is 15.9 Å². The number of nitrogens with zero attached hydrogens (tertiary/aromatic N) is 1. The number of hydrogen-bond donors (Lipinski definition) is 1. The Kier molecular flexibility index (Phi) is 4.77. The maximum atomic E-state index is 11.9. The number of benzene rings is 1. The number of halogens is 1. The van der Waals surface area contributed by atoms with Gasteiger partial charge in [-0.3, -0.25) is 0 Å². The van der Waals surface area contributed by atoms with Crippen molar-refractivity contribution in [1.29, 1.82) is 0 Å². The van der Waals surface area contributed by atoms with E-state index in [1.165, 1.54) is 9.87 Å². The fourth-order valence-electron chi connectivity index (χ4n) is 1.94. The molecule has 1 fully saturated rings. The minimum absolute atomic E-state index is 0.349. The van der Waals surface area contributed by atoms with Crippen LogP contribution in [0.3, 0.4) is 0 Å². The number of nitrogens with one attached hydrogen (secondary N) is 1. The summed E-state index contributed by atoms with van der Waals surface area (Å²) in [6.45, 7) is 1.62. The molecular formula is C12H17BrN2O2S. The molecule has 0 aliphatic carbocycles. The van der Waals surface area contributed by atoms with Gasteiger partial charge in [0.25, 0.3) is 10.2 Å². The lowest BCUT2D eigenvalue weighted by Gasteiger charge is -2.16. The lowest BCUT2D eigenvalue weighted by Crippen LogP contribution is -2.38. The summed E-state index contributed by atoms with van der Waals surface area (Å²) in [7, 11) is -3.30. The number of alkyl halides is 1. The summed E-state index contributed by atoms with van der Waals surface area (Å²) in [6, 6.07) is 7.88. The minimum Gasteiger partial charge on any atom is -0.198 e. The van der Waals surface area contributed by atoms with Crippen molar-refractivity contribution in [3.63, 3.8) is 0 Å². The molecule has 0 unspecified atom stereocenters. The van der Waals surface area contributed by atoms with Gasteiger partial charge in [0.05, 0.1) is 0 Å². The highest BCUT2D eigenvalue weighted by Gasteiger charge is 2.24. The Balaban J connectivity index is 1.93. The van der Waals surface area contributed by atoms with E-state index in [4.69, 9.17) is 0 Å². The van der Waals surface area contributed by atoms with Gasteiger partial charge >= 0.3 is 0 Å². The van der Waals surface area contributed by atoms with E-state index < -0.39 is 10.2 Å². The third-order valence-electron chi connectivity index (χ3n) is 3.04. The van der Waals surface area contributed by atoms with Crippen molar-refractivity contribution in [2.45, 2.75) is 24.7 Å². The lowest BCUT2D eigenvalue weighted by atomic mass is 10.2. The van der Waals surface area contributed by atoms with Gasteiger partial charge in [-0.15, -0.1) is 0 Å². The normalized spacial score (nSPS) is 17.2. The van der Waals surface area contributed by atoms with E-state index in [1.807, 2.05) is 24.3 Å². The molecule has 0 radical (unpaired) electrons. The van der Waals surface area contributed by atoms with Crippen molar-refractivity contribution in [3.8, 4) is 0 Å². The Labute approximate surface area is 117 Å². The molecule has 0 spiro atoms. The largest absolute Gasteiger partial charge is 0.279 e. The van der Waals surface area contributed by atoms with Crippen molar-refractivity contribution >= 4 is 26.1 Å². The molecule has 1 aliphatic heterocycles. The second-order valence-electron chi connectivity index (χ2n) is 4.38. The van der Waals surface area contributed by atoms with Crippen molar-refractivity contribution < 1.29 is 8.42 Å². The smallest absolute Gasteiger partial charge is 0.198 e. The predicted octanol–water partition coefficient (Wildman–Crippen LogP) is 2.01. The molecule has 1 aliphatic rings. The van der Waals surface area contributed by atoms with Crippen LogP contribution < -0.4 is 4.72 Å². The highest BCUT2D eigenvalue weighted by atomic mass is 79.9. The summed E-state index contributed by atoms with van der Waals surface area (Å²) < 4.78 is 28.0. The zero-order valence-electron chi connectivity index (χ0n) is 10.1. The third-order valence-corrected chi connectivity index (χ3v) is 5.24. The highest BCUT2D eigenvalue weighted by Crippen LogP contribution is 2.12. The second kappa shape index (κ2) is 6.14. The highest BCUT2D eigenvalue weighted by molar-refractivity contribution is 9.08. The Morgan fingerprint density at radius 2 is 1.67 bits per heavy atom. The first-order valence-corrected chi connectivity index (χ1v) is 8.56. The summed E-state index contributed by atoms with van der Waals surface area (Å²) in [5.41, 5.74) is 2.16. The summed E-state index contributed by atoms with van der Waals surface area (Å²) in [5, 5.41) is 0.812. The van der Waals surface area contributed by atoms with Crippen molar-refractivity contribution in [2.75, 3.05) is 13.1 Å². The van der Waals surface area contributed by atoms with Crippen LogP contribution in [0, 0.1) is 0 Å². The molecule has 0 saturated carbocycles. The molecule has 1 saturated heterocycles. The van der Waals surface area contributed by atoms with Crippen molar-refractivity contribution in [1.82, 2.24) is 9.03 Å². The molecule has 1 aromatic carbocycles. The van der Waals surface area contributed by atoms with E-state index in [1.54, 1.807) is 0 Å². The van der Waals surface area contributed by atoms with Crippen LogP contribution in [0.25, 0.3) is 0 Å². The topological polar surface area (TPSA) is 49.4 Å². The van der Waals surface area contributed by atoms with E-state index in [9.17, 15) is 8.42 Å². The Morgan fingerprint density at radius 1 is 1.11 bits per heavy atom. The van der Waals surface area contributed by atoms with Gasteiger partial charge in [0, 0.05) is 25.0 Å². The van der Waals surface area contributed by atoms with E-state index in [-0.39, 0.29) is 0 Å². The van der Waals surface area contributed by atoms with Crippen LogP contribution in [0.2, 0.25) is 0 Å². The summed E-state index contributed by atoms with van der Waals surface area (Å²) in [4.78, 5) is 0. The van der Waals surface area contributed by atoms with Gasteiger partial charge in [0.2, 0.25) is 0 Å². The molecule has 0 atom stereocenters. The molecule has 18 heavy (non-hydrogen) atoms. The molecule has 2 rings (SSSR count). The summed E-state index contributed by atoms with van der Waals surface area (Å²) in [6.07, 6.45) is 1.92. The molecule has 1 N–H and O–H groups in total. The predicted molar refractivity (Wildman–Crippen MR) is 75.6 cm³/mol. The summed E-state index contributed by atoms with van der Waals surface area (Å²) >= 11 is 3.38. The quantitative estimate of drug-likeness (QED) is 0.838. The molecule has 0 bridgehead atoms. The van der Waals surface area contributed by atoms with Crippen molar-refractivity contribution in [2.24, 2.45) is 0 Å². The van der Waals surface area contributed by atoms with Crippen LogP contribution in [0.5, 0.6) is 0 Å². The first kappa shape index (κ1) is 14.0. The number of rotatable bonds is 5. The molecule has 1 aromatic rings. The maximum Gasteiger partial charge on any atom is 0.279 e. The van der Waals surface area contributed by atoms with Gasteiger partial charge in [-0.1, -0.05) is 40.2 Å². The van der Waals surface area contributed by atoms with E-state index in [0.29, 0.717) is 19.6 Å². The molecular weight excluding hydrogens is 316 g/mol. The molecule has 1 heterocycles. The minimum atomic E-state index is -3.30. The van der Waals surface area contributed by atoms with E-state index in [0.717, 1.165) is 23.7 Å². The molecule has 6 heteroatoms. The van der Waals surface area contributed by atoms with Gasteiger partial charge in [0.1, 0.15) is 0 Å². The van der Waals surface area contributed by atoms with Crippen LogP contribution in [0.15, 0.2) is 24.3 Å². The fraction of sp³-hybridized carbons (Fsp3) is 0.500. The average molecular weight is 333 g/mol. The molecule has 0 aromatic heterocycles. The van der Waals surface area contributed by atoms with E-state index in [2.05, 4.69) is 20.7 Å². The van der Waals surface area contributed by atoms with Crippen LogP contribution in [0.4, 0.5) is 0 Å². The lowest BCUT2D eigenvalue weighted by molar-refractivity contribution is 0.464. The molecule has 0 amide bonds. The van der Waals surface area contributed by atoms with Gasteiger partial charge in [-0.2, -0.15) is 17.4 Å². The Hall–Kier alpha value is -0.430.